The Morgan fingerprint density at radius 1 is 1.52 bits per heavy atom. The molecule has 3 rings (SSSR count). The normalized spacial score (nSPS) is 16.9. The molecular weight excluding hydrogens is 346 g/mol. The Morgan fingerprint density at radius 3 is 3.08 bits per heavy atom. The smallest absolute Gasteiger partial charge is 0.357 e. The van der Waals surface area contributed by atoms with E-state index in [-0.39, 0.29) is 30.5 Å². The minimum Gasteiger partial charge on any atom is -0.467 e. The zero-order chi connectivity index (χ0) is 17.8. The highest BCUT2D eigenvalue weighted by molar-refractivity contribution is 7.14. The number of furan rings is 1. The summed E-state index contributed by atoms with van der Waals surface area (Å²) in [5, 5.41) is 4.49. The molecule has 2 amide bonds. The van der Waals surface area contributed by atoms with Crippen LogP contribution in [0.2, 0.25) is 0 Å². The third kappa shape index (κ3) is 4.05. The SMILES string of the molecule is CCOC(=O)c1csc(NC(=O)C2CC(=O)N(Cc3ccco3)C2)n1. The van der Waals surface area contributed by atoms with Crippen LogP contribution in [0.15, 0.2) is 28.2 Å². The summed E-state index contributed by atoms with van der Waals surface area (Å²) < 4.78 is 10.1. The molecule has 1 fully saturated rings. The van der Waals surface area contributed by atoms with Crippen molar-refractivity contribution in [3.63, 3.8) is 0 Å². The fraction of sp³-hybridized carbons (Fsp3) is 0.375. The van der Waals surface area contributed by atoms with Gasteiger partial charge in [0.25, 0.3) is 0 Å². The molecule has 0 bridgehead atoms. The van der Waals surface area contributed by atoms with Gasteiger partial charge in [-0.25, -0.2) is 9.78 Å². The van der Waals surface area contributed by atoms with Crippen molar-refractivity contribution in [3.8, 4) is 0 Å². The molecule has 0 saturated carbocycles. The van der Waals surface area contributed by atoms with E-state index in [2.05, 4.69) is 10.3 Å². The van der Waals surface area contributed by atoms with Gasteiger partial charge in [-0.3, -0.25) is 9.59 Å². The van der Waals surface area contributed by atoms with Crippen molar-refractivity contribution in [2.45, 2.75) is 19.9 Å². The summed E-state index contributed by atoms with van der Waals surface area (Å²) in [6.45, 7) is 2.63. The number of esters is 1. The average molecular weight is 363 g/mol. The topological polar surface area (TPSA) is 102 Å². The third-order valence-corrected chi connectivity index (χ3v) is 4.49. The van der Waals surface area contributed by atoms with Crippen LogP contribution in [-0.2, 0) is 20.9 Å². The van der Waals surface area contributed by atoms with Crippen LogP contribution in [0.25, 0.3) is 0 Å². The largest absolute Gasteiger partial charge is 0.467 e. The molecule has 0 aliphatic carbocycles. The molecule has 1 aliphatic heterocycles. The van der Waals surface area contributed by atoms with Gasteiger partial charge in [-0.1, -0.05) is 0 Å². The average Bonchev–Trinajstić information content (AvgIpc) is 3.30. The van der Waals surface area contributed by atoms with Crippen LogP contribution in [0.4, 0.5) is 5.13 Å². The van der Waals surface area contributed by atoms with Gasteiger partial charge in [0, 0.05) is 18.3 Å². The lowest BCUT2D eigenvalue weighted by molar-refractivity contribution is -0.128. The number of ether oxygens (including phenoxy) is 1. The van der Waals surface area contributed by atoms with Crippen molar-refractivity contribution < 1.29 is 23.5 Å². The summed E-state index contributed by atoms with van der Waals surface area (Å²) in [7, 11) is 0. The number of likely N-dealkylation sites (tertiary alicyclic amines) is 1. The first-order valence-electron chi connectivity index (χ1n) is 7.80. The van der Waals surface area contributed by atoms with Crippen molar-refractivity contribution in [1.82, 2.24) is 9.88 Å². The van der Waals surface area contributed by atoms with Crippen molar-refractivity contribution in [2.24, 2.45) is 5.92 Å². The van der Waals surface area contributed by atoms with E-state index < -0.39 is 11.9 Å². The lowest BCUT2D eigenvalue weighted by Gasteiger charge is -2.14. The number of nitrogens with zero attached hydrogens (tertiary/aromatic N) is 2. The highest BCUT2D eigenvalue weighted by atomic mass is 32.1. The van der Waals surface area contributed by atoms with Crippen molar-refractivity contribution in [2.75, 3.05) is 18.5 Å². The number of anilines is 1. The molecule has 1 N–H and O–H groups in total. The van der Waals surface area contributed by atoms with Crippen LogP contribution in [0.1, 0.15) is 29.6 Å². The molecule has 3 heterocycles. The first-order chi connectivity index (χ1) is 12.1. The zero-order valence-corrected chi connectivity index (χ0v) is 14.4. The maximum atomic E-state index is 12.4. The maximum Gasteiger partial charge on any atom is 0.357 e. The van der Waals surface area contributed by atoms with Crippen LogP contribution in [0.3, 0.4) is 0 Å². The summed E-state index contributed by atoms with van der Waals surface area (Å²) in [5.41, 5.74) is 0.157. The molecule has 1 unspecified atom stereocenters. The van der Waals surface area contributed by atoms with E-state index >= 15 is 0 Å². The number of hydrogen-bond acceptors (Lipinski definition) is 7. The minimum absolute atomic E-state index is 0.0945. The van der Waals surface area contributed by atoms with E-state index in [0.29, 0.717) is 24.0 Å². The van der Waals surface area contributed by atoms with Gasteiger partial charge >= 0.3 is 5.97 Å². The van der Waals surface area contributed by atoms with E-state index in [1.54, 1.807) is 30.2 Å². The second kappa shape index (κ2) is 7.47. The predicted molar refractivity (Wildman–Crippen MR) is 88.9 cm³/mol. The van der Waals surface area contributed by atoms with E-state index in [1.165, 1.54) is 5.38 Å². The Balaban J connectivity index is 1.57. The fourth-order valence-electron chi connectivity index (χ4n) is 2.53. The number of nitrogens with one attached hydrogen (secondary N) is 1. The first-order valence-corrected chi connectivity index (χ1v) is 8.68. The Hall–Kier alpha value is -2.68. The number of carbonyl (C=O) groups excluding carboxylic acids is 3. The standard InChI is InChI=1S/C16H17N3O5S/c1-2-23-15(22)12-9-25-16(17-12)18-14(21)10-6-13(20)19(7-10)8-11-4-3-5-24-11/h3-5,9-10H,2,6-8H2,1H3,(H,17,18,21). The van der Waals surface area contributed by atoms with Crippen LogP contribution in [0.5, 0.6) is 0 Å². The second-order valence-electron chi connectivity index (χ2n) is 5.50. The van der Waals surface area contributed by atoms with Crippen LogP contribution in [-0.4, -0.2) is 40.8 Å². The van der Waals surface area contributed by atoms with Crippen molar-refractivity contribution in [1.29, 1.82) is 0 Å². The Bertz CT molecular complexity index is 771. The summed E-state index contributed by atoms with van der Waals surface area (Å²) in [6.07, 6.45) is 1.69. The van der Waals surface area contributed by atoms with Gasteiger partial charge in [-0.15, -0.1) is 11.3 Å². The molecule has 132 valence electrons. The van der Waals surface area contributed by atoms with Crippen molar-refractivity contribution in [3.05, 3.63) is 35.2 Å². The van der Waals surface area contributed by atoms with Crippen LogP contribution >= 0.6 is 11.3 Å². The number of rotatable bonds is 6. The summed E-state index contributed by atoms with van der Waals surface area (Å²) >= 11 is 1.14. The Kier molecular flexibility index (Phi) is 5.13. The molecule has 8 nitrogen and oxygen atoms in total. The van der Waals surface area contributed by atoms with Gasteiger partial charge < -0.3 is 19.4 Å². The van der Waals surface area contributed by atoms with E-state index in [1.807, 2.05) is 0 Å². The third-order valence-electron chi connectivity index (χ3n) is 3.73. The highest BCUT2D eigenvalue weighted by Crippen LogP contribution is 2.23. The first kappa shape index (κ1) is 17.2. The Labute approximate surface area is 147 Å². The predicted octanol–water partition coefficient (Wildman–Crippen LogP) is 1.90. The van der Waals surface area contributed by atoms with Crippen molar-refractivity contribution >= 4 is 34.3 Å². The highest BCUT2D eigenvalue weighted by Gasteiger charge is 2.35. The molecule has 0 aromatic carbocycles. The van der Waals surface area contributed by atoms with E-state index in [4.69, 9.17) is 9.15 Å². The molecule has 2 aromatic rings. The Morgan fingerprint density at radius 2 is 2.36 bits per heavy atom. The minimum atomic E-state index is -0.528. The summed E-state index contributed by atoms with van der Waals surface area (Å²) in [5.74, 6) is -0.700. The van der Waals surface area contributed by atoms with E-state index in [0.717, 1.165) is 11.3 Å². The molecule has 25 heavy (non-hydrogen) atoms. The summed E-state index contributed by atoms with van der Waals surface area (Å²) in [4.78, 5) is 41.6. The zero-order valence-electron chi connectivity index (χ0n) is 13.6. The molecule has 0 spiro atoms. The number of aromatic nitrogens is 1. The molecule has 1 saturated heterocycles. The lowest BCUT2D eigenvalue weighted by Crippen LogP contribution is -2.27. The number of thiazole rings is 1. The number of amides is 2. The van der Waals surface area contributed by atoms with Gasteiger partial charge in [-0.2, -0.15) is 0 Å². The molecule has 2 aromatic heterocycles. The molecule has 9 heteroatoms. The maximum absolute atomic E-state index is 12.4. The van der Waals surface area contributed by atoms with Crippen LogP contribution < -0.4 is 5.32 Å². The molecule has 1 atom stereocenters. The molecular formula is C16H17N3O5S. The van der Waals surface area contributed by atoms with Gasteiger partial charge in [0.1, 0.15) is 5.76 Å². The van der Waals surface area contributed by atoms with Crippen LogP contribution in [0, 0.1) is 5.92 Å². The van der Waals surface area contributed by atoms with Gasteiger partial charge in [0.15, 0.2) is 10.8 Å². The van der Waals surface area contributed by atoms with Gasteiger partial charge in [-0.05, 0) is 19.1 Å². The number of carbonyl (C=O) groups is 3. The quantitative estimate of drug-likeness (QED) is 0.787. The van der Waals surface area contributed by atoms with Gasteiger partial charge in [0.2, 0.25) is 11.8 Å². The summed E-state index contributed by atoms with van der Waals surface area (Å²) in [6, 6.07) is 3.54. The van der Waals surface area contributed by atoms with E-state index in [9.17, 15) is 14.4 Å². The second-order valence-corrected chi connectivity index (χ2v) is 6.36. The number of hydrogen-bond donors (Lipinski definition) is 1. The monoisotopic (exact) mass is 363 g/mol. The lowest BCUT2D eigenvalue weighted by atomic mass is 10.1. The van der Waals surface area contributed by atoms with Gasteiger partial charge in [0.05, 0.1) is 25.3 Å². The molecule has 0 radical (unpaired) electrons. The molecule has 1 aliphatic rings. The fourth-order valence-corrected chi connectivity index (χ4v) is 3.21.